The van der Waals surface area contributed by atoms with E-state index in [1.807, 2.05) is 6.07 Å². The third kappa shape index (κ3) is 4.61. The predicted molar refractivity (Wildman–Crippen MR) is 74.2 cm³/mol. The predicted octanol–water partition coefficient (Wildman–Crippen LogP) is 1.92. The van der Waals surface area contributed by atoms with E-state index < -0.39 is 9.15 Å². The molecule has 6 heteroatoms. The van der Waals surface area contributed by atoms with Gasteiger partial charge in [0.25, 0.3) is 0 Å². The van der Waals surface area contributed by atoms with Crippen molar-refractivity contribution >= 4 is 19.9 Å². The summed E-state index contributed by atoms with van der Waals surface area (Å²) < 4.78 is 29.5. The van der Waals surface area contributed by atoms with Gasteiger partial charge >= 0.3 is 9.15 Å². The van der Waals surface area contributed by atoms with E-state index in [2.05, 4.69) is 29.6 Å². The quantitative estimate of drug-likeness (QED) is 0.455. The van der Waals surface area contributed by atoms with Crippen molar-refractivity contribution in [2.45, 2.75) is 12.3 Å². The van der Waals surface area contributed by atoms with Gasteiger partial charge in [0.15, 0.2) is 0 Å². The fraction of sp³-hybridized carbons (Fsp3) is 0.500. The molecule has 1 aliphatic rings. The number of hydrogen-bond acceptors (Lipinski definition) is 4. The summed E-state index contributed by atoms with van der Waals surface area (Å²) in [7, 11) is -3.32. The second-order valence-electron chi connectivity index (χ2n) is 4.47. The van der Waals surface area contributed by atoms with Gasteiger partial charge in [-0.2, -0.15) is 8.42 Å². The first kappa shape index (κ1) is 13.9. The standard InChI is InChI=1S/C12H17NO3S2/c14-18(15,16)17-7-6-13-9-11-8-12(11)10-4-2-1-3-5-10/h1-5,11-13H,6-9H2,(H,14,15,16)/t11-,12-/m0/s1. The molecule has 0 heterocycles. The van der Waals surface area contributed by atoms with Crippen molar-refractivity contribution in [3.63, 3.8) is 0 Å². The summed E-state index contributed by atoms with van der Waals surface area (Å²) in [6.45, 7) is 1.51. The van der Waals surface area contributed by atoms with Crippen LogP contribution in [0, 0.1) is 5.92 Å². The first-order valence-corrected chi connectivity index (χ1v) is 8.88. The maximum absolute atomic E-state index is 10.5. The Hall–Kier alpha value is -0.560. The highest BCUT2D eigenvalue weighted by atomic mass is 33.1. The summed E-state index contributed by atoms with van der Waals surface area (Å²) in [5.74, 6) is 1.68. The maximum atomic E-state index is 10.5. The molecular weight excluding hydrogens is 270 g/mol. The summed E-state index contributed by atoms with van der Waals surface area (Å²) in [5, 5.41) is 3.22. The summed E-state index contributed by atoms with van der Waals surface area (Å²) in [5.41, 5.74) is 1.39. The smallest absolute Gasteiger partial charge is 0.316 e. The highest BCUT2D eigenvalue weighted by molar-refractivity contribution is 8.69. The fourth-order valence-electron chi connectivity index (χ4n) is 2.09. The Balaban J connectivity index is 1.60. The molecule has 2 N–H and O–H groups in total. The van der Waals surface area contributed by atoms with E-state index in [1.165, 1.54) is 12.0 Å². The second kappa shape index (κ2) is 6.06. The lowest BCUT2D eigenvalue weighted by Gasteiger charge is -2.03. The van der Waals surface area contributed by atoms with Crippen LogP contribution in [0.25, 0.3) is 0 Å². The summed E-state index contributed by atoms with van der Waals surface area (Å²) in [6, 6.07) is 10.4. The number of hydrogen-bond donors (Lipinski definition) is 2. The summed E-state index contributed by atoms with van der Waals surface area (Å²) in [4.78, 5) is 0. The van der Waals surface area contributed by atoms with E-state index >= 15 is 0 Å². The molecule has 0 spiro atoms. The monoisotopic (exact) mass is 287 g/mol. The van der Waals surface area contributed by atoms with Crippen molar-refractivity contribution in [1.82, 2.24) is 5.32 Å². The Labute approximate surface area is 111 Å². The van der Waals surface area contributed by atoms with E-state index in [-0.39, 0.29) is 0 Å². The molecule has 2 rings (SSSR count). The Morgan fingerprint density at radius 3 is 2.72 bits per heavy atom. The van der Waals surface area contributed by atoms with Gasteiger partial charge in [-0.3, -0.25) is 4.55 Å². The Bertz CT molecular complexity index is 475. The van der Waals surface area contributed by atoms with Crippen LogP contribution in [-0.2, 0) is 9.15 Å². The molecule has 1 saturated carbocycles. The van der Waals surface area contributed by atoms with Crippen LogP contribution in [0.5, 0.6) is 0 Å². The topological polar surface area (TPSA) is 66.4 Å². The molecule has 0 saturated heterocycles. The maximum Gasteiger partial charge on any atom is 0.319 e. The third-order valence-electron chi connectivity index (χ3n) is 3.07. The SMILES string of the molecule is O=S(=O)(O)SCCNC[C@@H]1C[C@H]1c1ccccc1. The van der Waals surface area contributed by atoms with Gasteiger partial charge < -0.3 is 5.32 Å². The van der Waals surface area contributed by atoms with E-state index in [0.717, 1.165) is 6.54 Å². The zero-order chi connectivity index (χ0) is 13.0. The van der Waals surface area contributed by atoms with Gasteiger partial charge in [0.1, 0.15) is 0 Å². The Kier molecular flexibility index (Phi) is 4.66. The molecule has 18 heavy (non-hydrogen) atoms. The van der Waals surface area contributed by atoms with Crippen LogP contribution < -0.4 is 5.32 Å². The van der Waals surface area contributed by atoms with Gasteiger partial charge in [0.2, 0.25) is 0 Å². The lowest BCUT2D eigenvalue weighted by atomic mass is 10.1. The molecule has 1 aromatic rings. The highest BCUT2D eigenvalue weighted by Crippen LogP contribution is 2.46. The van der Waals surface area contributed by atoms with Crippen molar-refractivity contribution < 1.29 is 13.0 Å². The molecular formula is C12H17NO3S2. The molecule has 0 unspecified atom stereocenters. The average molecular weight is 287 g/mol. The summed E-state index contributed by atoms with van der Waals surface area (Å²) >= 11 is 0. The molecule has 0 radical (unpaired) electrons. The minimum Gasteiger partial charge on any atom is -0.316 e. The lowest BCUT2D eigenvalue weighted by Crippen LogP contribution is -2.20. The summed E-state index contributed by atoms with van der Waals surface area (Å²) in [6.07, 6.45) is 1.20. The van der Waals surface area contributed by atoms with Gasteiger partial charge in [0.05, 0.1) is 0 Å². The molecule has 0 bridgehead atoms. The second-order valence-corrected chi connectivity index (χ2v) is 7.94. The number of benzene rings is 1. The Morgan fingerprint density at radius 2 is 2.06 bits per heavy atom. The molecule has 4 nitrogen and oxygen atoms in total. The van der Waals surface area contributed by atoms with E-state index in [9.17, 15) is 8.42 Å². The van der Waals surface area contributed by atoms with Crippen LogP contribution in [0.3, 0.4) is 0 Å². The normalized spacial score (nSPS) is 22.9. The molecule has 0 aromatic heterocycles. The third-order valence-corrected chi connectivity index (χ3v) is 5.13. The molecule has 1 aromatic carbocycles. The first-order valence-electron chi connectivity index (χ1n) is 5.94. The zero-order valence-corrected chi connectivity index (χ0v) is 11.6. The average Bonchev–Trinajstić information content (AvgIpc) is 3.08. The van der Waals surface area contributed by atoms with Gasteiger partial charge in [-0.15, -0.1) is 0 Å². The van der Waals surface area contributed by atoms with Crippen LogP contribution >= 0.6 is 10.8 Å². The zero-order valence-electron chi connectivity index (χ0n) is 9.95. The van der Waals surface area contributed by atoms with Crippen molar-refractivity contribution in [3.05, 3.63) is 35.9 Å². The van der Waals surface area contributed by atoms with Gasteiger partial charge in [-0.1, -0.05) is 30.3 Å². The van der Waals surface area contributed by atoms with E-state index in [0.29, 0.717) is 34.9 Å². The van der Waals surface area contributed by atoms with Crippen LogP contribution in [0.15, 0.2) is 30.3 Å². The van der Waals surface area contributed by atoms with Crippen LogP contribution in [0.2, 0.25) is 0 Å². The number of nitrogens with one attached hydrogen (secondary N) is 1. The van der Waals surface area contributed by atoms with E-state index in [4.69, 9.17) is 4.55 Å². The van der Waals surface area contributed by atoms with Crippen molar-refractivity contribution in [1.29, 1.82) is 0 Å². The van der Waals surface area contributed by atoms with Crippen LogP contribution in [0.1, 0.15) is 17.9 Å². The minimum atomic E-state index is -3.89. The highest BCUT2D eigenvalue weighted by Gasteiger charge is 2.37. The molecule has 1 fully saturated rings. The van der Waals surface area contributed by atoms with E-state index in [1.54, 1.807) is 0 Å². The molecule has 2 atom stereocenters. The van der Waals surface area contributed by atoms with Crippen LogP contribution in [-0.4, -0.2) is 31.8 Å². The van der Waals surface area contributed by atoms with Crippen molar-refractivity contribution in [2.24, 2.45) is 5.92 Å². The van der Waals surface area contributed by atoms with Gasteiger partial charge in [-0.05, 0) is 41.2 Å². The first-order chi connectivity index (χ1) is 8.56. The van der Waals surface area contributed by atoms with Crippen molar-refractivity contribution in [2.75, 3.05) is 18.8 Å². The molecule has 100 valence electrons. The lowest BCUT2D eigenvalue weighted by molar-refractivity contribution is 0.503. The van der Waals surface area contributed by atoms with Crippen molar-refractivity contribution in [3.8, 4) is 0 Å². The number of rotatable bonds is 7. The largest absolute Gasteiger partial charge is 0.319 e. The van der Waals surface area contributed by atoms with Crippen LogP contribution in [0.4, 0.5) is 0 Å². The van der Waals surface area contributed by atoms with Gasteiger partial charge in [0, 0.05) is 12.3 Å². The van der Waals surface area contributed by atoms with Gasteiger partial charge in [-0.25, -0.2) is 0 Å². The minimum absolute atomic E-state index is 0.377. The molecule has 1 aliphatic carbocycles. The molecule has 0 amide bonds. The Morgan fingerprint density at radius 1 is 1.33 bits per heavy atom. The fourth-order valence-corrected chi connectivity index (χ4v) is 3.41. The molecule has 0 aliphatic heterocycles.